The molecule has 7 heteroatoms. The SMILES string of the molecule is CCOC(=O)OCCCCO[P+](=O)O. The molecule has 0 spiro atoms. The van der Waals surface area contributed by atoms with Gasteiger partial charge in [0.25, 0.3) is 0 Å². The van der Waals surface area contributed by atoms with E-state index in [0.29, 0.717) is 12.8 Å². The van der Waals surface area contributed by atoms with Crippen molar-refractivity contribution < 1.29 is 28.3 Å². The van der Waals surface area contributed by atoms with Crippen LogP contribution in [-0.2, 0) is 18.6 Å². The lowest BCUT2D eigenvalue weighted by Crippen LogP contribution is -2.08. The highest BCUT2D eigenvalue weighted by atomic mass is 31.1. The minimum atomic E-state index is -2.52. The van der Waals surface area contributed by atoms with Crippen molar-refractivity contribution in [3.05, 3.63) is 0 Å². The highest BCUT2D eigenvalue weighted by molar-refractivity contribution is 7.32. The van der Waals surface area contributed by atoms with Gasteiger partial charge in [-0.25, -0.2) is 4.79 Å². The first-order valence-corrected chi connectivity index (χ1v) is 5.38. The van der Waals surface area contributed by atoms with Gasteiger partial charge in [0.2, 0.25) is 0 Å². The fourth-order valence-corrected chi connectivity index (χ4v) is 0.947. The zero-order valence-corrected chi connectivity index (χ0v) is 8.87. The van der Waals surface area contributed by atoms with E-state index in [1.54, 1.807) is 6.92 Å². The Morgan fingerprint density at radius 2 is 1.93 bits per heavy atom. The number of hydrogen-bond donors (Lipinski definition) is 1. The molecule has 0 fully saturated rings. The summed E-state index contributed by atoms with van der Waals surface area (Å²) in [6.45, 7) is 2.38. The summed E-state index contributed by atoms with van der Waals surface area (Å²) >= 11 is 0. The average Bonchev–Trinajstić information content (AvgIpc) is 2.11. The number of rotatable bonds is 7. The summed E-state index contributed by atoms with van der Waals surface area (Å²) in [4.78, 5) is 18.9. The van der Waals surface area contributed by atoms with E-state index in [2.05, 4.69) is 14.0 Å². The van der Waals surface area contributed by atoms with Gasteiger partial charge in [0.1, 0.15) is 6.61 Å². The van der Waals surface area contributed by atoms with Gasteiger partial charge in [0, 0.05) is 4.57 Å². The zero-order valence-electron chi connectivity index (χ0n) is 7.97. The number of ether oxygens (including phenoxy) is 2. The third-order valence-corrected chi connectivity index (χ3v) is 1.63. The van der Waals surface area contributed by atoms with Crippen LogP contribution in [0.2, 0.25) is 0 Å². The molecule has 0 bridgehead atoms. The molecule has 14 heavy (non-hydrogen) atoms. The van der Waals surface area contributed by atoms with Crippen molar-refractivity contribution in [2.24, 2.45) is 0 Å². The van der Waals surface area contributed by atoms with Crippen molar-refractivity contribution in [3.63, 3.8) is 0 Å². The molecule has 0 aromatic rings. The molecule has 0 heterocycles. The van der Waals surface area contributed by atoms with Gasteiger partial charge in [-0.05, 0) is 19.8 Å². The average molecular weight is 225 g/mol. The highest BCUT2D eigenvalue weighted by Crippen LogP contribution is 2.14. The van der Waals surface area contributed by atoms with E-state index in [9.17, 15) is 9.36 Å². The van der Waals surface area contributed by atoms with Gasteiger partial charge in [-0.3, -0.25) is 0 Å². The summed E-state index contributed by atoms with van der Waals surface area (Å²) in [7, 11) is -2.52. The molecule has 0 aliphatic heterocycles. The molecular formula is C7H14O6P+. The van der Waals surface area contributed by atoms with Crippen LogP contribution in [0, 0.1) is 0 Å². The molecule has 1 atom stereocenters. The largest absolute Gasteiger partial charge is 0.694 e. The maximum absolute atomic E-state index is 10.6. The lowest BCUT2D eigenvalue weighted by atomic mass is 10.3. The van der Waals surface area contributed by atoms with Crippen LogP contribution in [-0.4, -0.2) is 30.9 Å². The van der Waals surface area contributed by atoms with Crippen molar-refractivity contribution in [1.82, 2.24) is 0 Å². The molecule has 0 amide bonds. The first-order chi connectivity index (χ1) is 6.66. The molecule has 1 unspecified atom stereocenters. The van der Waals surface area contributed by atoms with Crippen LogP contribution in [0.25, 0.3) is 0 Å². The fourth-order valence-electron chi connectivity index (χ4n) is 0.662. The van der Waals surface area contributed by atoms with Crippen LogP contribution in [0.4, 0.5) is 4.79 Å². The monoisotopic (exact) mass is 225 g/mol. The lowest BCUT2D eigenvalue weighted by molar-refractivity contribution is 0.0571. The molecule has 0 saturated carbocycles. The maximum atomic E-state index is 10.6. The van der Waals surface area contributed by atoms with Gasteiger partial charge in [0.05, 0.1) is 13.2 Å². The van der Waals surface area contributed by atoms with Crippen molar-refractivity contribution >= 4 is 14.4 Å². The number of carbonyl (C=O) groups is 1. The van der Waals surface area contributed by atoms with E-state index in [1.807, 2.05) is 0 Å². The molecule has 0 aliphatic carbocycles. The van der Waals surface area contributed by atoms with E-state index in [-0.39, 0.29) is 19.8 Å². The van der Waals surface area contributed by atoms with E-state index in [1.165, 1.54) is 0 Å². The Bertz CT molecular complexity index is 183. The van der Waals surface area contributed by atoms with Gasteiger partial charge < -0.3 is 9.47 Å². The number of unbranched alkanes of at least 4 members (excludes halogenated alkanes) is 1. The number of carbonyl (C=O) groups excluding carboxylic acids is 1. The Labute approximate surface area is 83.1 Å². The van der Waals surface area contributed by atoms with E-state index in [4.69, 9.17) is 4.89 Å². The second-order valence-corrected chi connectivity index (χ2v) is 3.04. The minimum absolute atomic E-state index is 0.178. The molecule has 0 aromatic heterocycles. The van der Waals surface area contributed by atoms with Crippen LogP contribution in [0.15, 0.2) is 0 Å². The van der Waals surface area contributed by atoms with Gasteiger partial charge in [0.15, 0.2) is 0 Å². The van der Waals surface area contributed by atoms with Crippen LogP contribution in [0.3, 0.4) is 0 Å². The zero-order chi connectivity index (χ0) is 10.8. The molecule has 0 aliphatic rings. The van der Waals surface area contributed by atoms with Gasteiger partial charge in [-0.1, -0.05) is 0 Å². The summed E-state index contributed by atoms with van der Waals surface area (Å²) in [5.41, 5.74) is 0. The first-order valence-electron chi connectivity index (χ1n) is 4.25. The van der Waals surface area contributed by atoms with Crippen LogP contribution < -0.4 is 0 Å². The fraction of sp³-hybridized carbons (Fsp3) is 0.857. The number of hydrogen-bond acceptors (Lipinski definition) is 5. The quantitative estimate of drug-likeness (QED) is 0.402. The standard InChI is InChI=1S/C7H13O6P/c1-2-11-7(8)12-5-3-4-6-13-14(9)10/h2-6H2,1H3/p+1. The van der Waals surface area contributed by atoms with Crippen LogP contribution in [0.1, 0.15) is 19.8 Å². The van der Waals surface area contributed by atoms with Crippen molar-refractivity contribution in [2.45, 2.75) is 19.8 Å². The molecule has 1 N–H and O–H groups in total. The predicted octanol–water partition coefficient (Wildman–Crippen LogP) is 1.61. The summed E-state index contributed by atoms with van der Waals surface area (Å²) in [6, 6.07) is 0. The third-order valence-electron chi connectivity index (χ3n) is 1.22. The maximum Gasteiger partial charge on any atom is 0.694 e. The summed E-state index contributed by atoms with van der Waals surface area (Å²) in [5.74, 6) is 0. The Morgan fingerprint density at radius 3 is 2.50 bits per heavy atom. The van der Waals surface area contributed by atoms with Crippen molar-refractivity contribution in [3.8, 4) is 0 Å². The first kappa shape index (κ1) is 13.3. The Morgan fingerprint density at radius 1 is 1.29 bits per heavy atom. The third kappa shape index (κ3) is 9.38. The van der Waals surface area contributed by atoms with E-state index in [0.717, 1.165) is 0 Å². The molecule has 82 valence electrons. The molecule has 0 aromatic carbocycles. The molecule has 0 rings (SSSR count). The molecule has 0 saturated heterocycles. The smallest absolute Gasteiger partial charge is 0.435 e. The second-order valence-electron chi connectivity index (χ2n) is 2.31. The summed E-state index contributed by atoms with van der Waals surface area (Å²) in [5, 5.41) is 0. The Balaban J connectivity index is 3.13. The lowest BCUT2D eigenvalue weighted by Gasteiger charge is -2.02. The van der Waals surface area contributed by atoms with Crippen LogP contribution >= 0.6 is 8.25 Å². The van der Waals surface area contributed by atoms with E-state index >= 15 is 0 Å². The van der Waals surface area contributed by atoms with Gasteiger partial charge >= 0.3 is 14.4 Å². The summed E-state index contributed by atoms with van der Waals surface area (Å²) in [6.07, 6.45) is 0.435. The minimum Gasteiger partial charge on any atom is -0.435 e. The van der Waals surface area contributed by atoms with Crippen molar-refractivity contribution in [1.29, 1.82) is 0 Å². The molecular weight excluding hydrogens is 211 g/mol. The predicted molar refractivity (Wildman–Crippen MR) is 48.0 cm³/mol. The molecule has 0 radical (unpaired) electrons. The summed E-state index contributed by atoms with van der Waals surface area (Å²) < 4.78 is 23.6. The normalized spacial score (nSPS) is 10.9. The van der Waals surface area contributed by atoms with Gasteiger partial charge in [-0.2, -0.15) is 0 Å². The van der Waals surface area contributed by atoms with Crippen LogP contribution in [0.5, 0.6) is 0 Å². The Kier molecular flexibility index (Phi) is 8.42. The molecule has 6 nitrogen and oxygen atoms in total. The topological polar surface area (TPSA) is 82.1 Å². The Hall–Kier alpha value is -0.710. The van der Waals surface area contributed by atoms with E-state index < -0.39 is 14.4 Å². The van der Waals surface area contributed by atoms with Gasteiger partial charge in [-0.15, -0.1) is 9.42 Å². The second kappa shape index (κ2) is 8.87. The highest BCUT2D eigenvalue weighted by Gasteiger charge is 2.10. The van der Waals surface area contributed by atoms with Crippen molar-refractivity contribution in [2.75, 3.05) is 19.8 Å².